The Morgan fingerprint density at radius 3 is 2.39 bits per heavy atom. The molecule has 2 rings (SSSR count). The van der Waals surface area contributed by atoms with Gasteiger partial charge in [0, 0.05) is 24.2 Å². The van der Waals surface area contributed by atoms with Crippen LogP contribution in [0.15, 0.2) is 0 Å². The smallest absolute Gasteiger partial charge is 0.0184 e. The highest BCUT2D eigenvalue weighted by atomic mass is 15.2. The molecule has 0 amide bonds. The molecule has 1 saturated carbocycles. The molecule has 106 valence electrons. The van der Waals surface area contributed by atoms with Gasteiger partial charge in [0.25, 0.3) is 0 Å². The van der Waals surface area contributed by atoms with Gasteiger partial charge in [-0.3, -0.25) is 4.90 Å². The number of hydrogen-bond donors (Lipinski definition) is 1. The molecule has 0 aromatic heterocycles. The number of likely N-dealkylation sites (tertiary alicyclic amines) is 1. The maximum Gasteiger partial charge on any atom is 0.0184 e. The third kappa shape index (κ3) is 2.75. The van der Waals surface area contributed by atoms with Crippen LogP contribution >= 0.6 is 0 Å². The molecule has 0 aromatic carbocycles. The Balaban J connectivity index is 1.97. The largest absolute Gasteiger partial charge is 0.314 e. The topological polar surface area (TPSA) is 15.3 Å². The number of nitrogens with zero attached hydrogens (tertiary/aromatic N) is 1. The maximum atomic E-state index is 3.74. The van der Waals surface area contributed by atoms with Crippen molar-refractivity contribution in [2.75, 3.05) is 13.1 Å². The lowest BCUT2D eigenvalue weighted by Gasteiger charge is -2.51. The van der Waals surface area contributed by atoms with Crippen molar-refractivity contribution in [2.24, 2.45) is 11.8 Å². The number of rotatable bonds is 5. The number of nitrogens with one attached hydrogen (secondary N) is 1. The van der Waals surface area contributed by atoms with Crippen molar-refractivity contribution < 1.29 is 0 Å². The van der Waals surface area contributed by atoms with Crippen LogP contribution in [-0.2, 0) is 0 Å². The lowest BCUT2D eigenvalue weighted by atomic mass is 9.82. The van der Waals surface area contributed by atoms with E-state index in [0.29, 0.717) is 11.6 Å². The average Bonchev–Trinajstić information content (AvgIpc) is 3.15. The Hall–Kier alpha value is -0.0800. The average molecular weight is 252 g/mol. The van der Waals surface area contributed by atoms with E-state index >= 15 is 0 Å². The van der Waals surface area contributed by atoms with Gasteiger partial charge in [-0.15, -0.1) is 0 Å². The van der Waals surface area contributed by atoms with Crippen molar-refractivity contribution in [2.45, 2.75) is 77.9 Å². The molecule has 2 heteroatoms. The van der Waals surface area contributed by atoms with Gasteiger partial charge in [0.2, 0.25) is 0 Å². The number of hydrogen-bond acceptors (Lipinski definition) is 2. The zero-order chi connectivity index (χ0) is 13.3. The van der Waals surface area contributed by atoms with Crippen LogP contribution in [-0.4, -0.2) is 35.6 Å². The van der Waals surface area contributed by atoms with Gasteiger partial charge in [-0.05, 0) is 64.8 Å². The molecule has 2 aliphatic rings. The van der Waals surface area contributed by atoms with E-state index in [1.54, 1.807) is 0 Å². The lowest BCUT2D eigenvalue weighted by molar-refractivity contribution is -0.00651. The Labute approximate surface area is 114 Å². The summed E-state index contributed by atoms with van der Waals surface area (Å²) in [6.07, 6.45) is 5.46. The van der Waals surface area contributed by atoms with Gasteiger partial charge in [-0.2, -0.15) is 0 Å². The molecule has 0 radical (unpaired) electrons. The minimum Gasteiger partial charge on any atom is -0.314 e. The molecule has 0 aromatic rings. The fraction of sp³-hybridized carbons (Fsp3) is 1.00. The molecule has 3 atom stereocenters. The summed E-state index contributed by atoms with van der Waals surface area (Å²) in [5, 5.41) is 3.74. The highest BCUT2D eigenvalue weighted by Gasteiger charge is 2.46. The predicted octanol–water partition coefficient (Wildman–Crippen LogP) is 3.27. The summed E-state index contributed by atoms with van der Waals surface area (Å²) in [6, 6.07) is 1.44. The molecule has 1 N–H and O–H groups in total. The molecule has 1 aliphatic heterocycles. The van der Waals surface area contributed by atoms with E-state index in [4.69, 9.17) is 0 Å². The van der Waals surface area contributed by atoms with Crippen molar-refractivity contribution in [3.63, 3.8) is 0 Å². The van der Waals surface area contributed by atoms with Crippen LogP contribution in [0.1, 0.15) is 60.3 Å². The van der Waals surface area contributed by atoms with E-state index in [2.05, 4.69) is 44.8 Å². The van der Waals surface area contributed by atoms with Crippen LogP contribution < -0.4 is 5.32 Å². The summed E-state index contributed by atoms with van der Waals surface area (Å²) in [6.45, 7) is 14.5. The molecule has 2 fully saturated rings. The Morgan fingerprint density at radius 1 is 1.17 bits per heavy atom. The fourth-order valence-corrected chi connectivity index (χ4v) is 3.82. The van der Waals surface area contributed by atoms with Crippen LogP contribution in [0.25, 0.3) is 0 Å². The molecule has 2 nitrogen and oxygen atoms in total. The van der Waals surface area contributed by atoms with E-state index in [-0.39, 0.29) is 0 Å². The summed E-state index contributed by atoms with van der Waals surface area (Å²) in [4.78, 5) is 2.79. The number of piperidine rings is 1. The zero-order valence-corrected chi connectivity index (χ0v) is 13.0. The van der Waals surface area contributed by atoms with Crippen molar-refractivity contribution >= 4 is 0 Å². The first-order valence-electron chi connectivity index (χ1n) is 7.98. The Morgan fingerprint density at radius 2 is 1.83 bits per heavy atom. The normalized spacial score (nSPS) is 34.8. The van der Waals surface area contributed by atoms with Gasteiger partial charge in [-0.1, -0.05) is 13.8 Å². The molecule has 1 saturated heterocycles. The summed E-state index contributed by atoms with van der Waals surface area (Å²) < 4.78 is 0. The van der Waals surface area contributed by atoms with Crippen molar-refractivity contribution in [3.8, 4) is 0 Å². The SMILES string of the molecule is CCCNC1CCN(C(C)(C)C2CC2)C(C)C1C. The quantitative estimate of drug-likeness (QED) is 0.808. The first-order valence-corrected chi connectivity index (χ1v) is 7.98. The standard InChI is InChI=1S/C16H32N2/c1-6-10-17-15-9-11-18(13(3)12(15)2)16(4,5)14-7-8-14/h12-15,17H,6-11H2,1-5H3. The lowest BCUT2D eigenvalue weighted by Crippen LogP contribution is -2.60. The van der Waals surface area contributed by atoms with Crippen molar-refractivity contribution in [1.82, 2.24) is 10.2 Å². The van der Waals surface area contributed by atoms with Crippen molar-refractivity contribution in [1.29, 1.82) is 0 Å². The van der Waals surface area contributed by atoms with Gasteiger partial charge in [0.05, 0.1) is 0 Å². The summed E-state index contributed by atoms with van der Waals surface area (Å²) in [7, 11) is 0. The zero-order valence-electron chi connectivity index (χ0n) is 13.0. The van der Waals surface area contributed by atoms with E-state index in [0.717, 1.165) is 17.9 Å². The molecular formula is C16H32N2. The second-order valence-electron chi connectivity index (χ2n) is 7.07. The Kier molecular flexibility index (Phi) is 4.38. The van der Waals surface area contributed by atoms with E-state index in [1.165, 1.54) is 38.8 Å². The molecular weight excluding hydrogens is 220 g/mol. The summed E-state index contributed by atoms with van der Waals surface area (Å²) in [5.74, 6) is 1.72. The van der Waals surface area contributed by atoms with Gasteiger partial charge < -0.3 is 5.32 Å². The maximum absolute atomic E-state index is 3.74. The second kappa shape index (κ2) is 5.50. The van der Waals surface area contributed by atoms with Crippen LogP contribution in [0.2, 0.25) is 0 Å². The summed E-state index contributed by atoms with van der Waals surface area (Å²) in [5.41, 5.74) is 0.420. The van der Waals surface area contributed by atoms with Crippen LogP contribution in [0.3, 0.4) is 0 Å². The van der Waals surface area contributed by atoms with E-state index in [9.17, 15) is 0 Å². The fourth-order valence-electron chi connectivity index (χ4n) is 3.82. The van der Waals surface area contributed by atoms with E-state index in [1.807, 2.05) is 0 Å². The van der Waals surface area contributed by atoms with Crippen LogP contribution in [0, 0.1) is 11.8 Å². The first kappa shape index (κ1) is 14.3. The summed E-state index contributed by atoms with van der Waals surface area (Å²) >= 11 is 0. The monoisotopic (exact) mass is 252 g/mol. The predicted molar refractivity (Wildman–Crippen MR) is 78.8 cm³/mol. The second-order valence-corrected chi connectivity index (χ2v) is 7.07. The van der Waals surface area contributed by atoms with Crippen LogP contribution in [0.4, 0.5) is 0 Å². The molecule has 0 spiro atoms. The third-order valence-electron chi connectivity index (χ3n) is 5.54. The minimum atomic E-state index is 0.420. The Bertz CT molecular complexity index is 270. The van der Waals surface area contributed by atoms with Crippen molar-refractivity contribution in [3.05, 3.63) is 0 Å². The third-order valence-corrected chi connectivity index (χ3v) is 5.54. The molecule has 18 heavy (non-hydrogen) atoms. The highest BCUT2D eigenvalue weighted by Crippen LogP contribution is 2.45. The molecule has 3 unspecified atom stereocenters. The van der Waals surface area contributed by atoms with Gasteiger partial charge in [0.15, 0.2) is 0 Å². The van der Waals surface area contributed by atoms with E-state index < -0.39 is 0 Å². The highest BCUT2D eigenvalue weighted by molar-refractivity contribution is 5.01. The molecule has 1 aliphatic carbocycles. The van der Waals surface area contributed by atoms with Gasteiger partial charge in [0.1, 0.15) is 0 Å². The minimum absolute atomic E-state index is 0.420. The molecule has 0 bridgehead atoms. The first-order chi connectivity index (χ1) is 8.48. The van der Waals surface area contributed by atoms with Gasteiger partial charge >= 0.3 is 0 Å². The van der Waals surface area contributed by atoms with Crippen LogP contribution in [0.5, 0.6) is 0 Å². The molecule has 1 heterocycles. The van der Waals surface area contributed by atoms with Gasteiger partial charge in [-0.25, -0.2) is 0 Å².